The standard InChI is InChI=1S/C30H39ClO5S/c1-19(2)36-26(33)14-8-6-5-7-11-21-22(29(35)30(3,4)28(21)34)17-15-20(32)16-18-25-27(31)23-12-9-10-13-24(23)37-25/h5,7,9-10,12-13,15,17,19-22,29,32,35H,6,8,11,14,16,18H2,1-4H3/t20-,21+,22+,29-/m0/s1. The van der Waals surface area contributed by atoms with Gasteiger partial charge in [-0.15, -0.1) is 11.3 Å². The van der Waals surface area contributed by atoms with E-state index in [-0.39, 0.29) is 29.7 Å². The molecular formula is C30H39ClO5S. The fraction of sp³-hybridized carbons (Fsp3) is 0.533. The number of aryl methyl sites for hydroxylation is 1. The van der Waals surface area contributed by atoms with Gasteiger partial charge in [-0.2, -0.15) is 0 Å². The molecule has 5 nitrogen and oxygen atoms in total. The molecule has 1 aromatic heterocycles. The van der Waals surface area contributed by atoms with Gasteiger partial charge >= 0.3 is 5.97 Å². The van der Waals surface area contributed by atoms with Crippen molar-refractivity contribution in [3.63, 3.8) is 0 Å². The van der Waals surface area contributed by atoms with Gasteiger partial charge in [-0.05, 0) is 52.0 Å². The van der Waals surface area contributed by atoms with Gasteiger partial charge in [0.1, 0.15) is 5.78 Å². The van der Waals surface area contributed by atoms with Gasteiger partial charge in [-0.1, -0.05) is 68.0 Å². The molecule has 2 N–H and O–H groups in total. The Morgan fingerprint density at radius 3 is 2.68 bits per heavy atom. The van der Waals surface area contributed by atoms with Crippen LogP contribution in [0.25, 0.3) is 10.1 Å². The van der Waals surface area contributed by atoms with E-state index in [0.29, 0.717) is 32.1 Å². The number of ketones is 1. The number of rotatable bonds is 12. The fourth-order valence-corrected chi connectivity index (χ4v) is 6.45. The van der Waals surface area contributed by atoms with E-state index in [1.807, 2.05) is 56.3 Å². The largest absolute Gasteiger partial charge is 0.463 e. The molecule has 202 valence electrons. The third kappa shape index (κ3) is 7.53. The molecule has 1 fully saturated rings. The normalized spacial score (nSPS) is 22.6. The zero-order chi connectivity index (χ0) is 27.2. The molecule has 1 aliphatic carbocycles. The van der Waals surface area contributed by atoms with Gasteiger partial charge in [0.25, 0.3) is 0 Å². The number of thiophene rings is 1. The number of aliphatic hydroxyl groups is 2. The Hall–Kier alpha value is -1.99. The molecule has 0 aliphatic heterocycles. The molecule has 1 aliphatic rings. The van der Waals surface area contributed by atoms with Crippen LogP contribution in [0.4, 0.5) is 0 Å². The zero-order valence-electron chi connectivity index (χ0n) is 22.2. The number of hydrogen-bond acceptors (Lipinski definition) is 6. The minimum atomic E-state index is -0.844. The Bertz CT molecular complexity index is 1130. The lowest BCUT2D eigenvalue weighted by Crippen LogP contribution is -2.31. The molecule has 4 atom stereocenters. The van der Waals surface area contributed by atoms with Gasteiger partial charge in [0.05, 0.1) is 28.7 Å². The molecular weight excluding hydrogens is 508 g/mol. The Morgan fingerprint density at radius 2 is 1.97 bits per heavy atom. The molecule has 3 rings (SSSR count). The van der Waals surface area contributed by atoms with Crippen molar-refractivity contribution in [2.75, 3.05) is 0 Å². The average Bonchev–Trinajstić information content (AvgIpc) is 3.25. The number of fused-ring (bicyclic) bond motifs is 1. The predicted molar refractivity (Wildman–Crippen MR) is 151 cm³/mol. The first-order valence-corrected chi connectivity index (χ1v) is 14.3. The smallest absolute Gasteiger partial charge is 0.306 e. The lowest BCUT2D eigenvalue weighted by molar-refractivity contribution is -0.147. The highest BCUT2D eigenvalue weighted by atomic mass is 35.5. The number of halogens is 1. The summed E-state index contributed by atoms with van der Waals surface area (Å²) in [5.41, 5.74) is -0.844. The number of aliphatic hydroxyl groups excluding tert-OH is 2. The number of benzene rings is 1. The van der Waals surface area contributed by atoms with Crippen LogP contribution in [0.3, 0.4) is 0 Å². The second kappa shape index (κ2) is 13.2. The first-order valence-electron chi connectivity index (χ1n) is 13.1. The summed E-state index contributed by atoms with van der Waals surface area (Å²) in [6.07, 6.45) is 9.30. The van der Waals surface area contributed by atoms with Crippen molar-refractivity contribution in [3.8, 4) is 0 Å². The lowest BCUT2D eigenvalue weighted by atomic mass is 9.86. The van der Waals surface area contributed by atoms with Crippen molar-refractivity contribution in [1.29, 1.82) is 0 Å². The van der Waals surface area contributed by atoms with Crippen molar-refractivity contribution >= 4 is 44.8 Å². The summed E-state index contributed by atoms with van der Waals surface area (Å²) in [5.74, 6) is -0.882. The van der Waals surface area contributed by atoms with E-state index in [1.54, 1.807) is 31.3 Å². The summed E-state index contributed by atoms with van der Waals surface area (Å²) in [6, 6.07) is 8.00. The Kier molecular flexibility index (Phi) is 10.5. The molecule has 2 aromatic rings. The van der Waals surface area contributed by atoms with Gasteiger partial charge in [0, 0.05) is 33.2 Å². The third-order valence-electron chi connectivity index (χ3n) is 7.04. The van der Waals surface area contributed by atoms with Crippen LogP contribution in [0.1, 0.15) is 64.7 Å². The molecule has 0 bridgehead atoms. The summed E-state index contributed by atoms with van der Waals surface area (Å²) < 4.78 is 6.27. The summed E-state index contributed by atoms with van der Waals surface area (Å²) in [5, 5.41) is 23.3. The van der Waals surface area contributed by atoms with Crippen molar-refractivity contribution in [1.82, 2.24) is 0 Å². The van der Waals surface area contributed by atoms with Crippen LogP contribution < -0.4 is 0 Å². The van der Waals surface area contributed by atoms with Crippen molar-refractivity contribution in [2.24, 2.45) is 17.3 Å². The number of Topliss-reactive ketones (excluding diaryl/α,β-unsaturated/α-hetero) is 1. The lowest BCUT2D eigenvalue weighted by Gasteiger charge is -2.22. The molecule has 0 saturated heterocycles. The number of unbranched alkanes of at least 4 members (excludes halogenated alkanes) is 1. The van der Waals surface area contributed by atoms with Gasteiger partial charge in [0.15, 0.2) is 0 Å². The monoisotopic (exact) mass is 546 g/mol. The van der Waals surface area contributed by atoms with E-state index in [0.717, 1.165) is 26.4 Å². The fourth-order valence-electron chi connectivity index (χ4n) is 4.91. The highest BCUT2D eigenvalue weighted by Gasteiger charge is 2.52. The molecule has 1 aromatic carbocycles. The Labute approximate surface area is 229 Å². The second-order valence-corrected chi connectivity index (χ2v) is 12.2. The van der Waals surface area contributed by atoms with Crippen LogP contribution in [-0.2, 0) is 20.7 Å². The molecule has 0 unspecified atom stereocenters. The van der Waals surface area contributed by atoms with E-state index in [1.165, 1.54) is 0 Å². The van der Waals surface area contributed by atoms with Crippen molar-refractivity contribution in [2.45, 2.75) is 84.5 Å². The maximum Gasteiger partial charge on any atom is 0.306 e. The molecule has 7 heteroatoms. The SMILES string of the molecule is CC(C)OC(=O)CCCC=CC[C@H]1C(=O)C(C)(C)[C@@H](O)[C@@H]1C=C[C@H](O)CCc1sc2ccccc2c1Cl. The van der Waals surface area contributed by atoms with Crippen LogP contribution in [-0.4, -0.2) is 40.3 Å². The minimum Gasteiger partial charge on any atom is -0.463 e. The van der Waals surface area contributed by atoms with E-state index in [2.05, 4.69) is 0 Å². The highest BCUT2D eigenvalue weighted by Crippen LogP contribution is 2.45. The molecule has 1 heterocycles. The van der Waals surface area contributed by atoms with Crippen molar-refractivity contribution < 1.29 is 24.5 Å². The predicted octanol–water partition coefficient (Wildman–Crippen LogP) is 6.67. The molecule has 37 heavy (non-hydrogen) atoms. The quantitative estimate of drug-likeness (QED) is 0.176. The molecule has 0 radical (unpaired) electrons. The summed E-state index contributed by atoms with van der Waals surface area (Å²) in [4.78, 5) is 25.8. The summed E-state index contributed by atoms with van der Waals surface area (Å²) >= 11 is 8.18. The zero-order valence-corrected chi connectivity index (χ0v) is 23.7. The van der Waals surface area contributed by atoms with Crippen LogP contribution >= 0.6 is 22.9 Å². The van der Waals surface area contributed by atoms with Gasteiger partial charge in [-0.25, -0.2) is 0 Å². The van der Waals surface area contributed by atoms with E-state index in [9.17, 15) is 19.8 Å². The molecule has 0 spiro atoms. The van der Waals surface area contributed by atoms with Crippen LogP contribution in [0.15, 0.2) is 48.6 Å². The third-order valence-corrected chi connectivity index (χ3v) is 8.81. The highest BCUT2D eigenvalue weighted by molar-refractivity contribution is 7.19. The molecule has 1 saturated carbocycles. The number of esters is 1. The van der Waals surface area contributed by atoms with Crippen LogP contribution in [0.5, 0.6) is 0 Å². The maximum absolute atomic E-state index is 13.1. The summed E-state index contributed by atoms with van der Waals surface area (Å²) in [7, 11) is 0. The average molecular weight is 547 g/mol. The second-order valence-electron chi connectivity index (χ2n) is 10.7. The van der Waals surface area contributed by atoms with Gasteiger partial charge < -0.3 is 14.9 Å². The van der Waals surface area contributed by atoms with Gasteiger partial charge in [-0.3, -0.25) is 9.59 Å². The van der Waals surface area contributed by atoms with E-state index < -0.39 is 17.6 Å². The van der Waals surface area contributed by atoms with Crippen molar-refractivity contribution in [3.05, 3.63) is 58.5 Å². The number of carbonyl (C=O) groups excluding carboxylic acids is 2. The van der Waals surface area contributed by atoms with E-state index in [4.69, 9.17) is 16.3 Å². The van der Waals surface area contributed by atoms with Gasteiger partial charge in [0.2, 0.25) is 0 Å². The Balaban J connectivity index is 1.55. The van der Waals surface area contributed by atoms with Crippen LogP contribution in [0.2, 0.25) is 5.02 Å². The van der Waals surface area contributed by atoms with E-state index >= 15 is 0 Å². The number of hydrogen-bond donors (Lipinski definition) is 2. The van der Waals surface area contributed by atoms with Crippen LogP contribution in [0, 0.1) is 17.3 Å². The maximum atomic E-state index is 13.1. The Morgan fingerprint density at radius 1 is 1.24 bits per heavy atom. The first-order chi connectivity index (χ1) is 17.5. The topological polar surface area (TPSA) is 83.8 Å². The number of carbonyl (C=O) groups is 2. The minimum absolute atomic E-state index is 0.0337. The number of allylic oxidation sites excluding steroid dienone is 2. The summed E-state index contributed by atoms with van der Waals surface area (Å²) in [6.45, 7) is 7.23. The molecule has 0 amide bonds. The first kappa shape index (κ1) is 29.6. The number of ether oxygens (including phenoxy) is 1.